The van der Waals surface area contributed by atoms with Crippen LogP contribution >= 0.6 is 11.3 Å². The zero-order valence-corrected chi connectivity index (χ0v) is 19.4. The van der Waals surface area contributed by atoms with E-state index in [1.54, 1.807) is 0 Å². The predicted molar refractivity (Wildman–Crippen MR) is 135 cm³/mol. The van der Waals surface area contributed by atoms with E-state index in [1.165, 1.54) is 6.07 Å². The molecule has 5 aromatic heterocycles. The molecule has 168 valence electrons. The fourth-order valence-electron chi connectivity index (χ4n) is 4.32. The number of pyridine rings is 2. The number of H-pyrrole nitrogens is 2. The zero-order valence-electron chi connectivity index (χ0n) is 18.6. The fraction of sp³-hybridized carbons (Fsp3) is 0.115. The molecule has 5 heterocycles. The summed E-state index contributed by atoms with van der Waals surface area (Å²) in [6.07, 6.45) is 5.53. The maximum Gasteiger partial charge on any atom is 0.176 e. The van der Waals surface area contributed by atoms with Crippen LogP contribution in [0.3, 0.4) is 0 Å². The lowest BCUT2D eigenvalue weighted by Crippen LogP contribution is -2.10. The molecule has 0 bridgehead atoms. The van der Waals surface area contributed by atoms with Crippen LogP contribution < -0.4 is 0 Å². The topological polar surface area (TPSA) is 73.5 Å². The predicted octanol–water partition coefficient (Wildman–Crippen LogP) is 6.10. The van der Waals surface area contributed by atoms with Gasteiger partial charge in [-0.2, -0.15) is 9.49 Å². The van der Waals surface area contributed by atoms with E-state index in [1.807, 2.05) is 63.0 Å². The van der Waals surface area contributed by atoms with E-state index in [-0.39, 0.29) is 5.13 Å². The van der Waals surface area contributed by atoms with E-state index in [9.17, 15) is 4.39 Å². The Kier molecular flexibility index (Phi) is 4.97. The molecule has 8 heteroatoms. The van der Waals surface area contributed by atoms with Crippen LogP contribution in [-0.4, -0.2) is 44.1 Å². The first-order valence-electron chi connectivity index (χ1n) is 10.9. The lowest BCUT2D eigenvalue weighted by Gasteiger charge is -2.10. The summed E-state index contributed by atoms with van der Waals surface area (Å²) in [5.74, 6) is 0. The monoisotopic (exact) mass is 468 g/mol. The molecule has 1 aromatic carbocycles. The highest BCUT2D eigenvalue weighted by atomic mass is 32.1. The third-order valence-electron chi connectivity index (χ3n) is 5.79. The maximum absolute atomic E-state index is 13.7. The Bertz CT molecular complexity index is 1640. The number of nitrogens with one attached hydrogen (secondary N) is 2. The number of hydrogen-bond acceptors (Lipinski definition) is 5. The van der Waals surface area contributed by atoms with Gasteiger partial charge in [-0.15, -0.1) is 11.3 Å². The molecular formula is C26H21FN6S. The minimum atomic E-state index is -0.190. The second-order valence-corrected chi connectivity index (χ2v) is 9.59. The van der Waals surface area contributed by atoms with Gasteiger partial charge in [0.05, 0.1) is 23.1 Å². The minimum absolute atomic E-state index is 0.190. The number of benzene rings is 1. The highest BCUT2D eigenvalue weighted by Gasteiger charge is 2.15. The molecule has 0 aliphatic carbocycles. The number of aromatic amines is 2. The van der Waals surface area contributed by atoms with E-state index < -0.39 is 0 Å². The normalized spacial score (nSPS) is 11.8. The number of hydrogen-bond donors (Lipinski definition) is 2. The molecule has 2 N–H and O–H groups in total. The van der Waals surface area contributed by atoms with Crippen LogP contribution in [0.4, 0.5) is 4.39 Å². The second-order valence-electron chi connectivity index (χ2n) is 8.56. The quantitative estimate of drug-likeness (QED) is 0.321. The van der Waals surface area contributed by atoms with Gasteiger partial charge < -0.3 is 9.88 Å². The highest BCUT2D eigenvalue weighted by molar-refractivity contribution is 7.14. The number of halogens is 1. The van der Waals surface area contributed by atoms with E-state index in [4.69, 9.17) is 0 Å². The summed E-state index contributed by atoms with van der Waals surface area (Å²) in [5, 5.41) is 9.49. The number of nitrogens with zero attached hydrogens (tertiary/aromatic N) is 4. The first kappa shape index (κ1) is 20.7. The Balaban J connectivity index is 1.45. The summed E-state index contributed by atoms with van der Waals surface area (Å²) in [5.41, 5.74) is 7.48. The summed E-state index contributed by atoms with van der Waals surface area (Å²) in [6.45, 7) is 0.811. The van der Waals surface area contributed by atoms with Gasteiger partial charge in [0.25, 0.3) is 0 Å². The minimum Gasteiger partial charge on any atom is -0.353 e. The van der Waals surface area contributed by atoms with Gasteiger partial charge in [0.1, 0.15) is 5.69 Å². The summed E-state index contributed by atoms with van der Waals surface area (Å²) in [7, 11) is 4.07. The van der Waals surface area contributed by atoms with Gasteiger partial charge in [0, 0.05) is 51.2 Å². The van der Waals surface area contributed by atoms with E-state index in [0.717, 1.165) is 78.3 Å². The third kappa shape index (κ3) is 3.67. The Hall–Kier alpha value is -3.88. The number of aromatic nitrogens is 5. The highest BCUT2D eigenvalue weighted by Crippen LogP contribution is 2.36. The SMILES string of the molecule is CN(C)Cc1cncc(-c2cc3c(-c4cc5c(-c6ccc(F)s6)cccc5[nH]4)n[nH]c3cn2)c1. The van der Waals surface area contributed by atoms with Crippen LogP contribution in [0.1, 0.15) is 5.56 Å². The van der Waals surface area contributed by atoms with Gasteiger partial charge in [-0.25, -0.2) is 0 Å². The van der Waals surface area contributed by atoms with Crippen molar-refractivity contribution in [1.29, 1.82) is 0 Å². The van der Waals surface area contributed by atoms with Crippen molar-refractivity contribution in [3.63, 3.8) is 0 Å². The van der Waals surface area contributed by atoms with Gasteiger partial charge in [-0.3, -0.25) is 15.1 Å². The van der Waals surface area contributed by atoms with Crippen molar-refractivity contribution in [1.82, 2.24) is 30.0 Å². The molecule has 0 atom stereocenters. The van der Waals surface area contributed by atoms with Crippen molar-refractivity contribution in [2.75, 3.05) is 14.1 Å². The standard InChI is InChI=1S/C26H21FN6S/c1-33(2)14-15-8-16(12-28-11-15)21-10-19-23(13-29-21)31-32-26(19)22-9-18-17(4-3-5-20(18)30-22)24-6-7-25(27)34-24/h3-13,30H,14H2,1-2H3,(H,31,32). The molecule has 0 radical (unpaired) electrons. The van der Waals surface area contributed by atoms with Gasteiger partial charge >= 0.3 is 0 Å². The largest absolute Gasteiger partial charge is 0.353 e. The Labute approximate surface area is 199 Å². The molecular weight excluding hydrogens is 447 g/mol. The average Bonchev–Trinajstić information content (AvgIpc) is 3.55. The Morgan fingerprint density at radius 3 is 2.71 bits per heavy atom. The van der Waals surface area contributed by atoms with Crippen LogP contribution in [0.15, 0.2) is 67.1 Å². The first-order chi connectivity index (χ1) is 16.5. The molecule has 0 saturated carbocycles. The lowest BCUT2D eigenvalue weighted by molar-refractivity contribution is 0.402. The number of thiophene rings is 1. The van der Waals surface area contributed by atoms with E-state index in [2.05, 4.69) is 42.2 Å². The van der Waals surface area contributed by atoms with Crippen molar-refractivity contribution in [3.8, 4) is 33.1 Å². The number of fused-ring (bicyclic) bond motifs is 2. The molecule has 0 spiro atoms. The molecule has 0 unspecified atom stereocenters. The van der Waals surface area contributed by atoms with Crippen molar-refractivity contribution in [3.05, 3.63) is 77.8 Å². The lowest BCUT2D eigenvalue weighted by atomic mass is 10.1. The van der Waals surface area contributed by atoms with Crippen molar-refractivity contribution in [2.45, 2.75) is 6.54 Å². The van der Waals surface area contributed by atoms with Crippen LogP contribution in [0.25, 0.3) is 54.9 Å². The molecule has 0 aliphatic rings. The summed E-state index contributed by atoms with van der Waals surface area (Å²) in [6, 6.07) is 15.6. The Morgan fingerprint density at radius 2 is 1.88 bits per heavy atom. The van der Waals surface area contributed by atoms with E-state index in [0.29, 0.717) is 0 Å². The van der Waals surface area contributed by atoms with Crippen LogP contribution in [0.2, 0.25) is 0 Å². The molecule has 6 aromatic rings. The van der Waals surface area contributed by atoms with Crippen molar-refractivity contribution < 1.29 is 4.39 Å². The molecule has 0 amide bonds. The van der Waals surface area contributed by atoms with Crippen molar-refractivity contribution in [2.24, 2.45) is 0 Å². The van der Waals surface area contributed by atoms with Gasteiger partial charge in [-0.05, 0) is 56.1 Å². The van der Waals surface area contributed by atoms with Crippen LogP contribution in [0.5, 0.6) is 0 Å². The maximum atomic E-state index is 13.7. The molecule has 0 saturated heterocycles. The molecule has 34 heavy (non-hydrogen) atoms. The molecule has 0 aliphatic heterocycles. The fourth-order valence-corrected chi connectivity index (χ4v) is 5.09. The van der Waals surface area contributed by atoms with Gasteiger partial charge in [0.15, 0.2) is 5.13 Å². The first-order valence-corrected chi connectivity index (χ1v) is 11.7. The summed E-state index contributed by atoms with van der Waals surface area (Å²) >= 11 is 1.15. The van der Waals surface area contributed by atoms with Gasteiger partial charge in [-0.1, -0.05) is 12.1 Å². The van der Waals surface area contributed by atoms with Crippen LogP contribution in [0, 0.1) is 5.13 Å². The number of rotatable bonds is 5. The summed E-state index contributed by atoms with van der Waals surface area (Å²) in [4.78, 5) is 15.5. The molecule has 6 rings (SSSR count). The van der Waals surface area contributed by atoms with Crippen molar-refractivity contribution >= 4 is 33.1 Å². The van der Waals surface area contributed by atoms with Gasteiger partial charge in [0.2, 0.25) is 0 Å². The summed E-state index contributed by atoms with van der Waals surface area (Å²) < 4.78 is 13.7. The van der Waals surface area contributed by atoms with E-state index >= 15 is 0 Å². The Morgan fingerprint density at radius 1 is 0.971 bits per heavy atom. The zero-order chi connectivity index (χ0) is 23.2. The molecule has 0 fully saturated rings. The smallest absolute Gasteiger partial charge is 0.176 e. The third-order valence-corrected chi connectivity index (χ3v) is 6.70. The van der Waals surface area contributed by atoms with Crippen LogP contribution in [-0.2, 0) is 6.54 Å². The molecule has 6 nitrogen and oxygen atoms in total. The second kappa shape index (κ2) is 8.16. The average molecular weight is 469 g/mol.